The van der Waals surface area contributed by atoms with E-state index >= 15 is 0 Å². The Kier molecular flexibility index (Phi) is 12.9. The van der Waals surface area contributed by atoms with Crippen LogP contribution in [-0.2, 0) is 26.9 Å². The van der Waals surface area contributed by atoms with E-state index in [1.54, 1.807) is 25.4 Å². The van der Waals surface area contributed by atoms with Gasteiger partial charge in [-0.3, -0.25) is 0 Å². The Bertz CT molecular complexity index is 828. The molecule has 5 heteroatoms. The molecule has 158 valence electrons. The number of allylic oxidation sites excluding steroid dienone is 4. The van der Waals surface area contributed by atoms with Gasteiger partial charge in [0.05, 0.1) is 0 Å². The van der Waals surface area contributed by atoms with Crippen LogP contribution in [0.25, 0.3) is 0 Å². The maximum absolute atomic E-state index is 2.42. The fraction of sp³-hybridized carbons (Fsp3) is 0.360. The first-order chi connectivity index (χ1) is 13.3. The van der Waals surface area contributed by atoms with Gasteiger partial charge in [-0.25, -0.2) is 0 Å². The maximum atomic E-state index is 2.42. The minimum atomic E-state index is -0.362. The summed E-state index contributed by atoms with van der Waals surface area (Å²) in [4.78, 5) is 0. The summed E-state index contributed by atoms with van der Waals surface area (Å²) in [5.74, 6) is 0.944. The molecule has 0 atom stereocenters. The van der Waals surface area contributed by atoms with Gasteiger partial charge in [0.2, 0.25) is 0 Å². The van der Waals surface area contributed by atoms with E-state index in [4.69, 9.17) is 0 Å². The Morgan fingerprint density at radius 1 is 0.800 bits per heavy atom. The van der Waals surface area contributed by atoms with Gasteiger partial charge in [0.15, 0.2) is 0 Å². The minimum absolute atomic E-state index is 0. The van der Waals surface area contributed by atoms with Gasteiger partial charge < -0.3 is 37.2 Å². The Morgan fingerprint density at radius 3 is 2.03 bits per heavy atom. The molecule has 0 amide bonds. The normalized spacial score (nSPS) is 17.0. The van der Waals surface area contributed by atoms with Gasteiger partial charge in [0, 0.05) is 0 Å². The number of halogens is 3. The summed E-state index contributed by atoms with van der Waals surface area (Å²) >= 11 is 2.42. The van der Waals surface area contributed by atoms with Gasteiger partial charge in [-0.2, -0.15) is 0 Å². The van der Waals surface area contributed by atoms with E-state index in [-0.39, 0.29) is 46.7 Å². The molecule has 2 aliphatic carbocycles. The molecule has 2 aromatic carbocycles. The van der Waals surface area contributed by atoms with Crippen LogP contribution in [0.4, 0.5) is 0 Å². The Labute approximate surface area is 214 Å². The van der Waals surface area contributed by atoms with E-state index in [1.165, 1.54) is 50.5 Å². The molecule has 0 saturated heterocycles. The fourth-order valence-electron chi connectivity index (χ4n) is 4.78. The number of hydrogen-bond donors (Lipinski definition) is 0. The number of hydrogen-bond acceptors (Lipinski definition) is 0. The van der Waals surface area contributed by atoms with Gasteiger partial charge in [0.25, 0.3) is 0 Å². The average Bonchev–Trinajstić information content (AvgIpc) is 2.99. The molecule has 1 saturated carbocycles. The van der Waals surface area contributed by atoms with Crippen LogP contribution in [0, 0.1) is 5.92 Å². The summed E-state index contributed by atoms with van der Waals surface area (Å²) in [5.41, 5.74) is 4.92. The van der Waals surface area contributed by atoms with Crippen LogP contribution < -0.4 is 42.4 Å². The van der Waals surface area contributed by atoms with Crippen molar-refractivity contribution in [1.29, 1.82) is 0 Å². The molecule has 4 rings (SSSR count). The monoisotopic (exact) mass is 510 g/mol. The second-order valence-corrected chi connectivity index (χ2v) is 11.1. The number of rotatable bonds is 6. The van der Waals surface area contributed by atoms with Gasteiger partial charge in [0.1, 0.15) is 0 Å². The van der Waals surface area contributed by atoms with Crippen LogP contribution in [0.3, 0.4) is 0 Å². The molecule has 2 aliphatic rings. The van der Waals surface area contributed by atoms with Crippen LogP contribution in [0.2, 0.25) is 0 Å². The van der Waals surface area contributed by atoms with Crippen LogP contribution in [0.15, 0.2) is 80.9 Å². The zero-order valence-corrected chi connectivity index (χ0v) is 22.6. The molecule has 0 aliphatic heterocycles. The first-order valence-electron chi connectivity index (χ1n) is 10.5. The molecule has 0 bridgehead atoms. The van der Waals surface area contributed by atoms with Gasteiger partial charge in [-0.15, -0.1) is 0 Å². The van der Waals surface area contributed by atoms with Crippen molar-refractivity contribution < 1.29 is 57.7 Å². The molecule has 2 aromatic rings. The Balaban J connectivity index is 0.00000150. The van der Waals surface area contributed by atoms with E-state index in [9.17, 15) is 0 Å². The second-order valence-electron chi connectivity index (χ2n) is 8.27. The van der Waals surface area contributed by atoms with Crippen molar-refractivity contribution in [3.05, 3.63) is 86.4 Å². The molecule has 0 N–H and O–H groups in total. The summed E-state index contributed by atoms with van der Waals surface area (Å²) in [6, 6.07) is 22.3. The molecule has 0 aromatic heterocycles. The summed E-state index contributed by atoms with van der Waals surface area (Å²) in [5, 5.41) is 3.39. The van der Waals surface area contributed by atoms with Crippen molar-refractivity contribution in [3.63, 3.8) is 0 Å². The third-order valence-electron chi connectivity index (χ3n) is 6.25. The first-order valence-corrected chi connectivity index (χ1v) is 12.7. The summed E-state index contributed by atoms with van der Waals surface area (Å²) in [6.07, 6.45) is 11.0. The van der Waals surface area contributed by atoms with Crippen molar-refractivity contribution in [1.82, 2.24) is 0 Å². The Morgan fingerprint density at radius 2 is 1.40 bits per heavy atom. The van der Waals surface area contributed by atoms with Crippen LogP contribution in [-0.4, -0.2) is 9.52 Å². The summed E-state index contributed by atoms with van der Waals surface area (Å²) < 4.78 is 1.64. The summed E-state index contributed by atoms with van der Waals surface area (Å²) in [6.45, 7) is 0. The molecular weight excluding hydrogens is 483 g/mol. The molecule has 0 unspecified atom stereocenters. The van der Waals surface area contributed by atoms with E-state index in [2.05, 4.69) is 81.1 Å². The molecule has 0 spiro atoms. The van der Waals surface area contributed by atoms with Crippen LogP contribution in [0.5, 0.6) is 0 Å². The standard InChI is InChI=1S/C25H29Si.3ClH.Ti/c1-4-10-20(11-5-1)16-22-18-23(17-21-12-6-2-7-13-21)25(19-22)26-24-14-8-3-9-15-24;;;;/h2-3,6-9,12-15,20H,1,4-5,10-11,16-17,19,26H2;3*1H;/q;;;;+3/p-3. The van der Waals surface area contributed by atoms with Crippen molar-refractivity contribution in [2.75, 3.05) is 0 Å². The molecule has 30 heavy (non-hydrogen) atoms. The zero-order valence-electron chi connectivity index (χ0n) is 17.3. The second kappa shape index (κ2) is 14.0. The van der Waals surface area contributed by atoms with Gasteiger partial charge in [-0.1, -0.05) is 0 Å². The summed E-state index contributed by atoms with van der Waals surface area (Å²) in [7, 11) is -0.362. The van der Waals surface area contributed by atoms with E-state index in [0.717, 1.165) is 12.3 Å². The first kappa shape index (κ1) is 27.8. The topological polar surface area (TPSA) is 0 Å². The molecule has 0 nitrogen and oxygen atoms in total. The van der Waals surface area contributed by atoms with Gasteiger partial charge in [-0.05, 0) is 0 Å². The van der Waals surface area contributed by atoms with E-state index < -0.39 is 0 Å². The van der Waals surface area contributed by atoms with Crippen molar-refractivity contribution in [3.8, 4) is 0 Å². The molecule has 1 fully saturated rings. The van der Waals surface area contributed by atoms with E-state index in [0.29, 0.717) is 0 Å². The Hall–Kier alpha value is -0.279. The average molecular weight is 512 g/mol. The zero-order chi connectivity index (χ0) is 18.5. The quantitative estimate of drug-likeness (QED) is 0.349. The van der Waals surface area contributed by atoms with Crippen molar-refractivity contribution >= 4 is 14.7 Å². The third kappa shape index (κ3) is 7.40. The van der Waals surface area contributed by atoms with Crippen molar-refractivity contribution in [2.45, 2.75) is 51.4 Å². The predicted molar refractivity (Wildman–Crippen MR) is 115 cm³/mol. The number of benzene rings is 2. The predicted octanol–water partition coefficient (Wildman–Crippen LogP) is -3.84. The SMILES string of the molecule is [Cl-].[Cl-].[Cl-].[Ti+3][C]1=C(CC2CCCCC2)CC([SiH2]c2ccccc2)=C1Cc1ccccc1. The van der Waals surface area contributed by atoms with Crippen molar-refractivity contribution in [2.24, 2.45) is 5.92 Å². The van der Waals surface area contributed by atoms with Crippen LogP contribution in [0.1, 0.15) is 50.5 Å². The molecule has 0 radical (unpaired) electrons. The van der Waals surface area contributed by atoms with Gasteiger partial charge >= 0.3 is 179 Å². The molecular formula is C25H29Cl3SiTi. The molecule has 0 heterocycles. The van der Waals surface area contributed by atoms with Crippen LogP contribution >= 0.6 is 0 Å². The third-order valence-corrected chi connectivity index (χ3v) is 9.26. The van der Waals surface area contributed by atoms with E-state index in [1.807, 2.05) is 0 Å². The fourth-order valence-corrected chi connectivity index (χ4v) is 7.71.